The molecule has 3 aromatic rings. The summed E-state index contributed by atoms with van der Waals surface area (Å²) in [6.45, 7) is 0.567. The molecule has 4 rings (SSSR count). The molecule has 10 heteroatoms. The largest absolute Gasteiger partial charge is 0.497 e. The molecule has 0 amide bonds. The fourth-order valence-corrected chi connectivity index (χ4v) is 3.47. The van der Waals surface area contributed by atoms with E-state index in [0.29, 0.717) is 34.6 Å². The monoisotopic (exact) mass is 413 g/mol. The maximum Gasteiger partial charge on any atom is 0.231 e. The number of nitrogen functional groups attached to an aromatic ring is 1. The van der Waals surface area contributed by atoms with Crippen molar-refractivity contribution in [3.63, 3.8) is 0 Å². The lowest BCUT2D eigenvalue weighted by Crippen LogP contribution is -2.17. The fourth-order valence-electron chi connectivity index (χ4n) is 2.70. The van der Waals surface area contributed by atoms with Gasteiger partial charge in [0.05, 0.1) is 19.4 Å². The van der Waals surface area contributed by atoms with Crippen molar-refractivity contribution in [2.24, 2.45) is 0 Å². The van der Waals surface area contributed by atoms with E-state index in [0.717, 1.165) is 11.4 Å². The highest BCUT2D eigenvalue weighted by Gasteiger charge is 2.18. The van der Waals surface area contributed by atoms with Gasteiger partial charge in [0.15, 0.2) is 23.1 Å². The number of rotatable bonds is 8. The molecule has 1 aliphatic rings. The van der Waals surface area contributed by atoms with Crippen LogP contribution in [0, 0.1) is 0 Å². The van der Waals surface area contributed by atoms with Gasteiger partial charge in [-0.05, 0) is 42.5 Å². The van der Waals surface area contributed by atoms with Crippen LogP contribution in [0.5, 0.6) is 17.2 Å². The van der Waals surface area contributed by atoms with Gasteiger partial charge < -0.3 is 25.4 Å². The van der Waals surface area contributed by atoms with Crippen LogP contribution in [0.4, 0.5) is 5.69 Å². The molecule has 150 valence electrons. The van der Waals surface area contributed by atoms with Gasteiger partial charge in [0.2, 0.25) is 11.9 Å². The van der Waals surface area contributed by atoms with Crippen LogP contribution in [0.2, 0.25) is 0 Å². The first-order valence-electron chi connectivity index (χ1n) is 8.77. The number of methoxy groups -OCH3 is 1. The predicted molar refractivity (Wildman–Crippen MR) is 108 cm³/mol. The van der Waals surface area contributed by atoms with Crippen molar-refractivity contribution < 1.29 is 19.0 Å². The standard InChI is InChI=1S/C19H19N5O4S/c1-26-14-5-3-13(4-6-14)21-9-18-22-23-19(24(18)20)29-10-15(25)12-2-7-16-17(8-12)28-11-27-16/h2-8,21H,9-11,20H2,1H3. The Balaban J connectivity index is 1.34. The topological polar surface area (TPSA) is 114 Å². The van der Waals surface area contributed by atoms with E-state index in [9.17, 15) is 4.79 Å². The lowest BCUT2D eigenvalue weighted by molar-refractivity contribution is 0.102. The lowest BCUT2D eigenvalue weighted by Gasteiger charge is -2.07. The van der Waals surface area contributed by atoms with Crippen LogP contribution in [0.1, 0.15) is 16.2 Å². The molecule has 3 N–H and O–H groups in total. The Morgan fingerprint density at radius 2 is 2.00 bits per heavy atom. The SMILES string of the molecule is COc1ccc(NCc2nnc(SCC(=O)c3ccc4c(c3)OCO4)n2N)cc1. The van der Waals surface area contributed by atoms with Gasteiger partial charge in [-0.2, -0.15) is 0 Å². The van der Waals surface area contributed by atoms with Crippen molar-refractivity contribution in [3.8, 4) is 17.2 Å². The molecule has 0 saturated carbocycles. The van der Waals surface area contributed by atoms with E-state index >= 15 is 0 Å². The molecule has 29 heavy (non-hydrogen) atoms. The van der Waals surface area contributed by atoms with Crippen LogP contribution in [0.3, 0.4) is 0 Å². The maximum absolute atomic E-state index is 12.5. The van der Waals surface area contributed by atoms with Crippen molar-refractivity contribution in [1.29, 1.82) is 0 Å². The minimum atomic E-state index is -0.0609. The van der Waals surface area contributed by atoms with E-state index in [1.54, 1.807) is 25.3 Å². The number of aromatic nitrogens is 3. The summed E-state index contributed by atoms with van der Waals surface area (Å²) >= 11 is 1.23. The molecule has 1 aromatic heterocycles. The molecule has 0 bridgehead atoms. The highest BCUT2D eigenvalue weighted by Crippen LogP contribution is 2.33. The molecule has 0 unspecified atom stereocenters. The van der Waals surface area contributed by atoms with E-state index in [4.69, 9.17) is 20.1 Å². The average Bonchev–Trinajstić information content (AvgIpc) is 3.36. The fraction of sp³-hybridized carbons (Fsp3) is 0.211. The van der Waals surface area contributed by atoms with Gasteiger partial charge in [0, 0.05) is 11.3 Å². The first kappa shape index (κ1) is 18.9. The molecule has 0 spiro atoms. The third-order valence-electron chi connectivity index (χ3n) is 4.30. The number of ether oxygens (including phenoxy) is 3. The van der Waals surface area contributed by atoms with Crippen LogP contribution in [0.25, 0.3) is 0 Å². The van der Waals surface area contributed by atoms with Gasteiger partial charge in [-0.15, -0.1) is 10.2 Å². The van der Waals surface area contributed by atoms with E-state index in [2.05, 4.69) is 15.5 Å². The van der Waals surface area contributed by atoms with Gasteiger partial charge in [-0.25, -0.2) is 4.68 Å². The van der Waals surface area contributed by atoms with Gasteiger partial charge in [0.1, 0.15) is 5.75 Å². The lowest BCUT2D eigenvalue weighted by atomic mass is 10.1. The summed E-state index contributed by atoms with van der Waals surface area (Å²) in [5.74, 6) is 8.75. The Bertz CT molecular complexity index is 1020. The highest BCUT2D eigenvalue weighted by molar-refractivity contribution is 7.99. The van der Waals surface area contributed by atoms with Gasteiger partial charge in [-0.3, -0.25) is 4.79 Å². The summed E-state index contributed by atoms with van der Waals surface area (Å²) in [5, 5.41) is 11.9. The second kappa shape index (κ2) is 8.31. The van der Waals surface area contributed by atoms with Gasteiger partial charge >= 0.3 is 0 Å². The molecular formula is C19H19N5O4S. The third-order valence-corrected chi connectivity index (χ3v) is 5.25. The van der Waals surface area contributed by atoms with Crippen LogP contribution in [-0.4, -0.2) is 40.3 Å². The Hall–Kier alpha value is -3.40. The first-order chi connectivity index (χ1) is 14.1. The van der Waals surface area contributed by atoms with Gasteiger partial charge in [0.25, 0.3) is 0 Å². The summed E-state index contributed by atoms with van der Waals surface area (Å²) in [6.07, 6.45) is 0. The van der Waals surface area contributed by atoms with Crippen LogP contribution in [0.15, 0.2) is 47.6 Å². The Morgan fingerprint density at radius 3 is 2.79 bits per heavy atom. The molecule has 2 heterocycles. The van der Waals surface area contributed by atoms with Crippen LogP contribution in [-0.2, 0) is 6.54 Å². The van der Waals surface area contributed by atoms with E-state index < -0.39 is 0 Å². The van der Waals surface area contributed by atoms with E-state index in [-0.39, 0.29) is 18.3 Å². The highest BCUT2D eigenvalue weighted by atomic mass is 32.2. The summed E-state index contributed by atoms with van der Waals surface area (Å²) in [5.41, 5.74) is 1.45. The number of nitrogens with one attached hydrogen (secondary N) is 1. The molecule has 2 aromatic carbocycles. The van der Waals surface area contributed by atoms with Crippen LogP contribution < -0.4 is 25.4 Å². The number of Topliss-reactive ketones (excluding diaryl/α,β-unsaturated/α-hetero) is 1. The van der Waals surface area contributed by atoms with E-state index in [1.807, 2.05) is 24.3 Å². The zero-order valence-electron chi connectivity index (χ0n) is 15.6. The number of hydrogen-bond donors (Lipinski definition) is 2. The van der Waals surface area contributed by atoms with Crippen molar-refractivity contribution in [2.45, 2.75) is 11.7 Å². The molecule has 0 aliphatic carbocycles. The molecule has 9 nitrogen and oxygen atoms in total. The number of hydrogen-bond acceptors (Lipinski definition) is 9. The number of nitrogens with zero attached hydrogens (tertiary/aromatic N) is 3. The smallest absolute Gasteiger partial charge is 0.231 e. The summed E-state index contributed by atoms with van der Waals surface area (Å²) < 4.78 is 17.1. The number of carbonyl (C=O) groups excluding carboxylic acids is 1. The van der Waals surface area contributed by atoms with Gasteiger partial charge in [-0.1, -0.05) is 11.8 Å². The number of thioether (sulfide) groups is 1. The molecular weight excluding hydrogens is 394 g/mol. The van der Waals surface area contributed by atoms with Crippen LogP contribution >= 0.6 is 11.8 Å². The minimum Gasteiger partial charge on any atom is -0.497 e. The molecule has 0 radical (unpaired) electrons. The number of benzene rings is 2. The van der Waals surface area contributed by atoms with Crippen molar-refractivity contribution in [1.82, 2.24) is 14.9 Å². The minimum absolute atomic E-state index is 0.0609. The van der Waals surface area contributed by atoms with Crippen molar-refractivity contribution in [2.75, 3.05) is 30.8 Å². The normalized spacial score (nSPS) is 12.0. The third kappa shape index (κ3) is 4.21. The van der Waals surface area contributed by atoms with E-state index in [1.165, 1.54) is 16.4 Å². The number of fused-ring (bicyclic) bond motifs is 1. The Labute approximate surface area is 171 Å². The molecule has 1 aliphatic heterocycles. The number of nitrogens with two attached hydrogens (primary N) is 1. The summed E-state index contributed by atoms with van der Waals surface area (Å²) in [7, 11) is 1.62. The second-order valence-corrected chi connectivity index (χ2v) is 7.07. The molecule has 0 atom stereocenters. The van der Waals surface area contributed by atoms with Crippen molar-refractivity contribution >= 4 is 23.2 Å². The maximum atomic E-state index is 12.5. The summed E-state index contributed by atoms with van der Waals surface area (Å²) in [6, 6.07) is 12.6. The predicted octanol–water partition coefficient (Wildman–Crippen LogP) is 2.32. The molecule has 0 fully saturated rings. The average molecular weight is 413 g/mol. The Morgan fingerprint density at radius 1 is 1.21 bits per heavy atom. The van der Waals surface area contributed by atoms with Crippen molar-refractivity contribution in [3.05, 3.63) is 53.9 Å². The second-order valence-electron chi connectivity index (χ2n) is 6.13. The summed E-state index contributed by atoms with van der Waals surface area (Å²) in [4.78, 5) is 12.5. The number of carbonyl (C=O) groups is 1. The molecule has 0 saturated heterocycles. The Kier molecular flexibility index (Phi) is 5.43. The number of anilines is 1. The zero-order chi connectivity index (χ0) is 20.2. The quantitative estimate of drug-likeness (QED) is 0.326. The zero-order valence-corrected chi connectivity index (χ0v) is 16.4. The first-order valence-corrected chi connectivity index (χ1v) is 9.75. The number of ketones is 1.